The Morgan fingerprint density at radius 1 is 1.14 bits per heavy atom. The molecular formula is C22H31ClN4O2. The maximum absolute atomic E-state index is 13.0. The molecule has 1 saturated carbocycles. The summed E-state index contributed by atoms with van der Waals surface area (Å²) in [5.41, 5.74) is 3.47. The summed E-state index contributed by atoms with van der Waals surface area (Å²) in [4.78, 5) is 17.8. The van der Waals surface area contributed by atoms with E-state index in [0.717, 1.165) is 56.3 Å². The van der Waals surface area contributed by atoms with Gasteiger partial charge in [-0.1, -0.05) is 30.5 Å². The lowest BCUT2D eigenvalue weighted by molar-refractivity contribution is 0.236. The quantitative estimate of drug-likeness (QED) is 0.744. The maximum atomic E-state index is 13.0. The average Bonchev–Trinajstić information content (AvgIpc) is 3.31. The number of benzene rings is 1. The first-order valence-electron chi connectivity index (χ1n) is 10.6. The van der Waals surface area contributed by atoms with Crippen LogP contribution in [0.3, 0.4) is 0 Å². The Bertz CT molecular complexity index is 922. The monoisotopic (exact) mass is 418 g/mol. The highest BCUT2D eigenvalue weighted by atomic mass is 35.5. The highest BCUT2D eigenvalue weighted by Gasteiger charge is 2.28. The Hall–Kier alpha value is -1.92. The van der Waals surface area contributed by atoms with E-state index in [4.69, 9.17) is 16.3 Å². The molecule has 2 aromatic rings. The third-order valence-corrected chi connectivity index (χ3v) is 6.75. The lowest BCUT2D eigenvalue weighted by Crippen LogP contribution is -2.46. The number of methoxy groups -OCH3 is 1. The highest BCUT2D eigenvalue weighted by Crippen LogP contribution is 2.31. The van der Waals surface area contributed by atoms with Crippen LogP contribution < -0.4 is 15.2 Å². The first-order chi connectivity index (χ1) is 14.0. The first-order valence-corrected chi connectivity index (χ1v) is 10.9. The predicted octanol–water partition coefficient (Wildman–Crippen LogP) is 3.59. The van der Waals surface area contributed by atoms with Gasteiger partial charge in [0, 0.05) is 50.5 Å². The van der Waals surface area contributed by atoms with Crippen molar-refractivity contribution in [3.8, 4) is 5.75 Å². The molecule has 4 rings (SSSR count). The third kappa shape index (κ3) is 3.92. The molecule has 1 aliphatic carbocycles. The number of aromatic nitrogens is 2. The zero-order valence-corrected chi connectivity index (χ0v) is 18.4. The van der Waals surface area contributed by atoms with Gasteiger partial charge in [-0.3, -0.25) is 14.4 Å². The molecule has 29 heavy (non-hydrogen) atoms. The number of halogens is 1. The largest absolute Gasteiger partial charge is 0.490 e. The van der Waals surface area contributed by atoms with Crippen molar-refractivity contribution in [2.45, 2.75) is 45.2 Å². The minimum Gasteiger partial charge on any atom is -0.490 e. The van der Waals surface area contributed by atoms with Gasteiger partial charge in [-0.25, -0.2) is 4.68 Å². The lowest BCUT2D eigenvalue weighted by Gasteiger charge is -2.37. The van der Waals surface area contributed by atoms with Crippen molar-refractivity contribution in [2.24, 2.45) is 7.05 Å². The van der Waals surface area contributed by atoms with E-state index in [1.54, 1.807) is 7.11 Å². The van der Waals surface area contributed by atoms with Gasteiger partial charge in [0.25, 0.3) is 0 Å². The van der Waals surface area contributed by atoms with E-state index in [0.29, 0.717) is 11.8 Å². The Labute approximate surface area is 177 Å². The molecule has 0 unspecified atom stereocenters. The van der Waals surface area contributed by atoms with Gasteiger partial charge in [0.2, 0.25) is 5.75 Å². The van der Waals surface area contributed by atoms with Gasteiger partial charge in [-0.05, 0) is 37.5 Å². The highest BCUT2D eigenvalue weighted by molar-refractivity contribution is 6.30. The van der Waals surface area contributed by atoms with Gasteiger partial charge in [0.15, 0.2) is 0 Å². The van der Waals surface area contributed by atoms with Crippen LogP contribution in [0.5, 0.6) is 5.75 Å². The van der Waals surface area contributed by atoms with E-state index >= 15 is 0 Å². The number of ether oxygens (including phenoxy) is 1. The average molecular weight is 419 g/mol. The van der Waals surface area contributed by atoms with Gasteiger partial charge in [0.05, 0.1) is 18.8 Å². The number of nitrogens with zero attached hydrogens (tertiary/aromatic N) is 4. The summed E-state index contributed by atoms with van der Waals surface area (Å²) in [5.74, 6) is 0.507. The molecule has 0 spiro atoms. The Kier molecular flexibility index (Phi) is 5.93. The molecule has 158 valence electrons. The minimum atomic E-state index is 0.0186. The molecule has 0 N–H and O–H groups in total. The van der Waals surface area contributed by atoms with E-state index in [2.05, 4.69) is 28.9 Å². The van der Waals surface area contributed by atoms with Crippen molar-refractivity contribution >= 4 is 17.3 Å². The van der Waals surface area contributed by atoms with Gasteiger partial charge in [0.1, 0.15) is 0 Å². The van der Waals surface area contributed by atoms with Crippen molar-refractivity contribution in [1.29, 1.82) is 0 Å². The van der Waals surface area contributed by atoms with Crippen molar-refractivity contribution in [1.82, 2.24) is 14.3 Å². The summed E-state index contributed by atoms with van der Waals surface area (Å²) >= 11 is 6.21. The van der Waals surface area contributed by atoms with E-state index < -0.39 is 0 Å². The molecular weight excluding hydrogens is 388 g/mol. The molecule has 0 amide bonds. The smallest absolute Gasteiger partial charge is 0.309 e. The summed E-state index contributed by atoms with van der Waals surface area (Å²) in [5, 5.41) is 0.779. The summed E-state index contributed by atoms with van der Waals surface area (Å²) in [6, 6.07) is 6.38. The van der Waals surface area contributed by atoms with Crippen LogP contribution in [0.2, 0.25) is 5.02 Å². The minimum absolute atomic E-state index is 0.0186. The molecule has 2 heterocycles. The number of rotatable bonds is 5. The van der Waals surface area contributed by atoms with Crippen LogP contribution >= 0.6 is 11.6 Å². The fourth-order valence-electron chi connectivity index (χ4n) is 4.86. The van der Waals surface area contributed by atoms with Gasteiger partial charge in [-0.2, -0.15) is 0 Å². The molecule has 0 radical (unpaired) electrons. The zero-order chi connectivity index (χ0) is 20.5. The normalized spacial score (nSPS) is 18.6. The molecule has 1 saturated heterocycles. The molecule has 1 aliphatic heterocycles. The summed E-state index contributed by atoms with van der Waals surface area (Å²) < 4.78 is 9.52. The first kappa shape index (κ1) is 20.4. The molecule has 1 aromatic carbocycles. The van der Waals surface area contributed by atoms with Crippen molar-refractivity contribution in [2.75, 3.05) is 38.2 Å². The van der Waals surface area contributed by atoms with Crippen LogP contribution in [-0.4, -0.2) is 47.6 Å². The predicted molar refractivity (Wildman–Crippen MR) is 117 cm³/mol. The van der Waals surface area contributed by atoms with Gasteiger partial charge < -0.3 is 9.64 Å². The van der Waals surface area contributed by atoms with Crippen LogP contribution in [0.1, 0.15) is 43.0 Å². The van der Waals surface area contributed by atoms with Gasteiger partial charge in [-0.15, -0.1) is 0 Å². The second-order valence-electron chi connectivity index (χ2n) is 8.29. The Morgan fingerprint density at radius 2 is 1.83 bits per heavy atom. The number of piperazine rings is 1. The van der Waals surface area contributed by atoms with Gasteiger partial charge >= 0.3 is 5.56 Å². The van der Waals surface area contributed by atoms with Crippen LogP contribution in [0.25, 0.3) is 0 Å². The fourth-order valence-corrected chi connectivity index (χ4v) is 5.03. The van der Waals surface area contributed by atoms with E-state index in [-0.39, 0.29) is 5.56 Å². The SMILES string of the molecule is COc1c(CN2CCN(c3cc(Cl)ccc3C)CC2)n(C)n(C2CCCC2)c1=O. The van der Waals surface area contributed by atoms with Crippen LogP contribution in [-0.2, 0) is 13.6 Å². The van der Waals surface area contributed by atoms with Crippen LogP contribution in [0, 0.1) is 6.92 Å². The number of hydrogen-bond acceptors (Lipinski definition) is 4. The Balaban J connectivity index is 1.49. The maximum Gasteiger partial charge on any atom is 0.309 e. The molecule has 0 atom stereocenters. The summed E-state index contributed by atoms with van der Waals surface area (Å²) in [6.45, 7) is 6.64. The molecule has 1 aromatic heterocycles. The topological polar surface area (TPSA) is 42.6 Å². The van der Waals surface area contributed by atoms with E-state index in [1.165, 1.54) is 24.1 Å². The standard InChI is InChI=1S/C22H31ClN4O2/c1-16-8-9-17(23)14-19(16)26-12-10-25(11-13-26)15-20-21(29-3)22(28)27(24(20)2)18-6-4-5-7-18/h8-9,14,18H,4-7,10-13,15H2,1-3H3. The van der Waals surface area contributed by atoms with Crippen molar-refractivity contribution in [3.63, 3.8) is 0 Å². The molecule has 6 nitrogen and oxygen atoms in total. The number of anilines is 1. The fraction of sp³-hybridized carbons (Fsp3) is 0.591. The van der Waals surface area contributed by atoms with Crippen LogP contribution in [0.4, 0.5) is 5.69 Å². The molecule has 7 heteroatoms. The third-order valence-electron chi connectivity index (χ3n) is 6.51. The molecule has 0 bridgehead atoms. The summed E-state index contributed by atoms with van der Waals surface area (Å²) in [7, 11) is 3.61. The second-order valence-corrected chi connectivity index (χ2v) is 8.72. The number of aryl methyl sites for hydroxylation is 1. The molecule has 2 fully saturated rings. The van der Waals surface area contributed by atoms with Crippen LogP contribution in [0.15, 0.2) is 23.0 Å². The van der Waals surface area contributed by atoms with E-state index in [9.17, 15) is 4.79 Å². The number of hydrogen-bond donors (Lipinski definition) is 0. The van der Waals surface area contributed by atoms with E-state index in [1.807, 2.05) is 22.5 Å². The second kappa shape index (κ2) is 8.44. The summed E-state index contributed by atoms with van der Waals surface area (Å²) in [6.07, 6.45) is 4.56. The van der Waals surface area contributed by atoms with Crippen molar-refractivity contribution < 1.29 is 4.74 Å². The van der Waals surface area contributed by atoms with Crippen molar-refractivity contribution in [3.05, 3.63) is 44.8 Å². The lowest BCUT2D eigenvalue weighted by atomic mass is 10.1. The molecule has 2 aliphatic rings. The Morgan fingerprint density at radius 3 is 2.48 bits per heavy atom. The zero-order valence-electron chi connectivity index (χ0n) is 17.7.